The van der Waals surface area contributed by atoms with Crippen LogP contribution in [0.4, 0.5) is 0 Å². The largest absolute Gasteiger partial charge is 0.308 e. The van der Waals surface area contributed by atoms with Crippen molar-refractivity contribution >= 4 is 11.8 Å². The Bertz CT molecular complexity index is 222. The first-order valence-electron chi connectivity index (χ1n) is 4.36. The first-order chi connectivity index (χ1) is 6.38. The Hall–Kier alpha value is -0.610. The summed E-state index contributed by atoms with van der Waals surface area (Å²) in [7, 11) is 0. The minimum atomic E-state index is 0.327. The van der Waals surface area contributed by atoms with Gasteiger partial charge in [-0.1, -0.05) is 6.92 Å². The van der Waals surface area contributed by atoms with Crippen molar-refractivity contribution in [2.24, 2.45) is 0 Å². The lowest BCUT2D eigenvalue weighted by Crippen LogP contribution is -2.23. The number of thioether (sulfide) groups is 1. The molecule has 4 heteroatoms. The number of aromatic nitrogens is 2. The van der Waals surface area contributed by atoms with Crippen LogP contribution in [0.25, 0.3) is 0 Å². The Morgan fingerprint density at radius 3 is 2.92 bits per heavy atom. The lowest BCUT2D eigenvalue weighted by molar-refractivity contribution is 0.589. The monoisotopic (exact) mass is 197 g/mol. The molecule has 1 aromatic rings. The van der Waals surface area contributed by atoms with Gasteiger partial charge in [0.2, 0.25) is 0 Å². The minimum absolute atomic E-state index is 0.327. The Kier molecular flexibility index (Phi) is 4.78. The van der Waals surface area contributed by atoms with Crippen LogP contribution in [0.15, 0.2) is 18.6 Å². The summed E-state index contributed by atoms with van der Waals surface area (Å²) in [4.78, 5) is 8.34. The van der Waals surface area contributed by atoms with Crippen molar-refractivity contribution in [1.82, 2.24) is 15.3 Å². The van der Waals surface area contributed by atoms with Gasteiger partial charge in [-0.2, -0.15) is 11.8 Å². The Morgan fingerprint density at radius 1 is 1.54 bits per heavy atom. The van der Waals surface area contributed by atoms with E-state index >= 15 is 0 Å². The van der Waals surface area contributed by atoms with E-state index in [2.05, 4.69) is 28.5 Å². The molecule has 1 N–H and O–H groups in total. The molecule has 0 amide bonds. The van der Waals surface area contributed by atoms with Gasteiger partial charge in [-0.25, -0.2) is 0 Å². The number of nitrogens with one attached hydrogen (secondary N) is 1. The highest BCUT2D eigenvalue weighted by atomic mass is 32.2. The van der Waals surface area contributed by atoms with Gasteiger partial charge >= 0.3 is 0 Å². The molecule has 3 nitrogen and oxygen atoms in total. The van der Waals surface area contributed by atoms with E-state index in [0.29, 0.717) is 6.04 Å². The minimum Gasteiger partial charge on any atom is -0.308 e. The summed E-state index contributed by atoms with van der Waals surface area (Å²) in [6.45, 7) is 3.06. The van der Waals surface area contributed by atoms with E-state index in [1.54, 1.807) is 12.4 Å². The number of hydrogen-bond donors (Lipinski definition) is 1. The van der Waals surface area contributed by atoms with E-state index in [-0.39, 0.29) is 0 Å². The smallest absolute Gasteiger partial charge is 0.0764 e. The van der Waals surface area contributed by atoms with Crippen LogP contribution in [0.1, 0.15) is 18.7 Å². The van der Waals surface area contributed by atoms with Crippen LogP contribution in [-0.2, 0) is 0 Å². The summed E-state index contributed by atoms with van der Waals surface area (Å²) in [6, 6.07) is 0.327. The van der Waals surface area contributed by atoms with E-state index < -0.39 is 0 Å². The number of rotatable bonds is 5. The number of hydrogen-bond acceptors (Lipinski definition) is 4. The van der Waals surface area contributed by atoms with Crippen LogP contribution in [0, 0.1) is 0 Å². The molecular weight excluding hydrogens is 182 g/mol. The molecule has 1 heterocycles. The van der Waals surface area contributed by atoms with Crippen molar-refractivity contribution in [3.05, 3.63) is 24.3 Å². The van der Waals surface area contributed by atoms with Crippen LogP contribution < -0.4 is 5.32 Å². The molecule has 0 spiro atoms. The zero-order valence-electron chi connectivity index (χ0n) is 8.03. The van der Waals surface area contributed by atoms with Crippen LogP contribution in [-0.4, -0.2) is 28.5 Å². The zero-order chi connectivity index (χ0) is 9.52. The highest BCUT2D eigenvalue weighted by molar-refractivity contribution is 7.98. The van der Waals surface area contributed by atoms with Crippen LogP contribution >= 0.6 is 11.8 Å². The molecule has 0 radical (unpaired) electrons. The second kappa shape index (κ2) is 5.94. The standard InChI is InChI=1S/C9H15N3S/c1-3-11-9(7-13-2)8-6-10-4-5-12-8/h4-6,9,11H,3,7H2,1-2H3. The molecular formula is C9H15N3S. The molecule has 1 unspecified atom stereocenters. The van der Waals surface area contributed by atoms with Gasteiger partial charge in [0, 0.05) is 24.3 Å². The lowest BCUT2D eigenvalue weighted by atomic mass is 10.2. The molecule has 0 bridgehead atoms. The van der Waals surface area contributed by atoms with E-state index in [9.17, 15) is 0 Å². The summed E-state index contributed by atoms with van der Waals surface area (Å²) in [5.74, 6) is 1.03. The van der Waals surface area contributed by atoms with Crippen LogP contribution in [0.5, 0.6) is 0 Å². The molecule has 0 saturated carbocycles. The van der Waals surface area contributed by atoms with Crippen molar-refractivity contribution < 1.29 is 0 Å². The third-order valence-corrected chi connectivity index (χ3v) is 2.39. The van der Waals surface area contributed by atoms with Crippen molar-refractivity contribution in [2.75, 3.05) is 18.6 Å². The Labute approximate surface area is 83.4 Å². The van der Waals surface area contributed by atoms with Gasteiger partial charge in [0.1, 0.15) is 0 Å². The average molecular weight is 197 g/mol. The SMILES string of the molecule is CCNC(CSC)c1cnccn1. The third kappa shape index (κ3) is 3.32. The second-order valence-corrected chi connectivity index (χ2v) is 3.61. The molecule has 1 atom stereocenters. The predicted molar refractivity (Wildman–Crippen MR) is 56.8 cm³/mol. The first-order valence-corrected chi connectivity index (χ1v) is 5.76. The average Bonchev–Trinajstić information content (AvgIpc) is 2.19. The predicted octanol–water partition coefficient (Wildman–Crippen LogP) is 1.49. The highest BCUT2D eigenvalue weighted by Crippen LogP contribution is 2.12. The summed E-state index contributed by atoms with van der Waals surface area (Å²) in [5.41, 5.74) is 1.03. The first kappa shape index (κ1) is 10.5. The molecule has 0 aliphatic rings. The summed E-state index contributed by atoms with van der Waals surface area (Å²) in [6.07, 6.45) is 7.36. The van der Waals surface area contributed by atoms with Gasteiger partial charge < -0.3 is 5.32 Å². The molecule has 1 rings (SSSR count). The molecule has 0 aliphatic heterocycles. The fourth-order valence-corrected chi connectivity index (χ4v) is 1.77. The molecule has 72 valence electrons. The molecule has 0 aromatic carbocycles. The quantitative estimate of drug-likeness (QED) is 0.776. The molecule has 1 aromatic heterocycles. The maximum atomic E-state index is 4.28. The molecule has 0 saturated heterocycles. The summed E-state index contributed by atoms with van der Waals surface area (Å²) < 4.78 is 0. The fraction of sp³-hybridized carbons (Fsp3) is 0.556. The van der Waals surface area contributed by atoms with Gasteiger partial charge in [0.15, 0.2) is 0 Å². The summed E-state index contributed by atoms with van der Waals surface area (Å²) >= 11 is 1.81. The van der Waals surface area contributed by atoms with E-state index in [1.165, 1.54) is 0 Å². The van der Waals surface area contributed by atoms with Crippen molar-refractivity contribution in [3.63, 3.8) is 0 Å². The lowest BCUT2D eigenvalue weighted by Gasteiger charge is -2.14. The molecule has 0 fully saturated rings. The van der Waals surface area contributed by atoms with Crippen molar-refractivity contribution in [2.45, 2.75) is 13.0 Å². The molecule has 13 heavy (non-hydrogen) atoms. The van der Waals surface area contributed by atoms with Gasteiger partial charge in [-0.05, 0) is 12.8 Å². The van der Waals surface area contributed by atoms with E-state index in [0.717, 1.165) is 18.0 Å². The van der Waals surface area contributed by atoms with Gasteiger partial charge in [0.25, 0.3) is 0 Å². The third-order valence-electron chi connectivity index (χ3n) is 1.72. The molecule has 0 aliphatic carbocycles. The van der Waals surface area contributed by atoms with Gasteiger partial charge in [-0.15, -0.1) is 0 Å². The maximum absolute atomic E-state index is 4.28. The normalized spacial score (nSPS) is 12.8. The maximum Gasteiger partial charge on any atom is 0.0764 e. The van der Waals surface area contributed by atoms with Crippen molar-refractivity contribution in [3.8, 4) is 0 Å². The topological polar surface area (TPSA) is 37.8 Å². The Balaban J connectivity index is 2.64. The van der Waals surface area contributed by atoms with Crippen LogP contribution in [0.2, 0.25) is 0 Å². The highest BCUT2D eigenvalue weighted by Gasteiger charge is 2.09. The fourth-order valence-electron chi connectivity index (χ4n) is 1.15. The Morgan fingerprint density at radius 2 is 2.38 bits per heavy atom. The zero-order valence-corrected chi connectivity index (χ0v) is 8.84. The second-order valence-electron chi connectivity index (χ2n) is 2.70. The number of nitrogens with zero attached hydrogens (tertiary/aromatic N) is 2. The summed E-state index contributed by atoms with van der Waals surface area (Å²) in [5, 5.41) is 3.38. The van der Waals surface area contributed by atoms with E-state index in [1.807, 2.05) is 18.0 Å². The van der Waals surface area contributed by atoms with Crippen molar-refractivity contribution in [1.29, 1.82) is 0 Å². The van der Waals surface area contributed by atoms with Gasteiger partial charge in [-0.3, -0.25) is 9.97 Å². The van der Waals surface area contributed by atoms with Crippen LogP contribution in [0.3, 0.4) is 0 Å². The van der Waals surface area contributed by atoms with E-state index in [4.69, 9.17) is 0 Å². The van der Waals surface area contributed by atoms with Gasteiger partial charge in [0.05, 0.1) is 11.7 Å².